The number of hydrogen-bond donors (Lipinski definition) is 0. The Kier molecular flexibility index (Phi) is 4.56. The molecule has 0 aromatic heterocycles. The summed E-state index contributed by atoms with van der Waals surface area (Å²) < 4.78 is 19.1. The second-order valence-electron chi connectivity index (χ2n) is 3.89. The van der Waals surface area contributed by atoms with Crippen LogP contribution in [0.4, 0.5) is 4.39 Å². The predicted octanol–water partition coefficient (Wildman–Crippen LogP) is 5.47. The molecule has 0 heterocycles. The smallest absolute Gasteiger partial charge is 0.131 e. The van der Waals surface area contributed by atoms with Crippen molar-refractivity contribution in [2.24, 2.45) is 0 Å². The summed E-state index contributed by atoms with van der Waals surface area (Å²) in [6.45, 7) is 0. The van der Waals surface area contributed by atoms with Gasteiger partial charge in [-0.25, -0.2) is 4.39 Å². The van der Waals surface area contributed by atoms with Crippen LogP contribution in [0, 0.1) is 5.82 Å². The Morgan fingerprint density at radius 2 is 1.84 bits per heavy atom. The molecule has 0 fully saturated rings. The fourth-order valence-electron chi connectivity index (χ4n) is 1.78. The van der Waals surface area contributed by atoms with E-state index in [1.54, 1.807) is 30.3 Å². The number of ether oxygens (including phenoxy) is 1. The summed E-state index contributed by atoms with van der Waals surface area (Å²) in [6.07, 6.45) is 0. The Morgan fingerprint density at radius 3 is 2.47 bits per heavy atom. The van der Waals surface area contributed by atoms with E-state index >= 15 is 0 Å². The fourth-order valence-corrected chi connectivity index (χ4v) is 2.43. The van der Waals surface area contributed by atoms with E-state index in [9.17, 15) is 4.39 Å². The minimum Gasteiger partial charge on any atom is -0.496 e. The van der Waals surface area contributed by atoms with Crippen LogP contribution in [-0.4, -0.2) is 7.11 Å². The van der Waals surface area contributed by atoms with Gasteiger partial charge < -0.3 is 4.74 Å². The third-order valence-electron chi connectivity index (χ3n) is 2.72. The van der Waals surface area contributed by atoms with Crippen molar-refractivity contribution in [2.75, 3.05) is 7.11 Å². The van der Waals surface area contributed by atoms with E-state index in [-0.39, 0.29) is 5.56 Å². The summed E-state index contributed by atoms with van der Waals surface area (Å²) in [4.78, 5) is 0. The molecule has 100 valence electrons. The van der Waals surface area contributed by atoms with E-state index in [4.69, 9.17) is 39.5 Å². The van der Waals surface area contributed by atoms with Gasteiger partial charge in [-0.3, -0.25) is 0 Å². The van der Waals surface area contributed by atoms with Crippen LogP contribution in [0.15, 0.2) is 36.4 Å². The van der Waals surface area contributed by atoms with Gasteiger partial charge in [0.2, 0.25) is 0 Å². The van der Waals surface area contributed by atoms with Crippen molar-refractivity contribution in [2.45, 2.75) is 5.38 Å². The Morgan fingerprint density at radius 1 is 1.11 bits per heavy atom. The molecule has 1 nitrogen and oxygen atoms in total. The van der Waals surface area contributed by atoms with Crippen molar-refractivity contribution in [3.8, 4) is 5.75 Å². The topological polar surface area (TPSA) is 9.23 Å². The highest BCUT2D eigenvalue weighted by Crippen LogP contribution is 2.38. The second kappa shape index (κ2) is 6.00. The molecule has 0 saturated heterocycles. The molecule has 0 radical (unpaired) electrons. The van der Waals surface area contributed by atoms with Gasteiger partial charge in [-0.2, -0.15) is 0 Å². The van der Waals surface area contributed by atoms with E-state index in [0.29, 0.717) is 21.4 Å². The summed E-state index contributed by atoms with van der Waals surface area (Å²) in [5.41, 5.74) is 0.935. The summed E-state index contributed by atoms with van der Waals surface area (Å²) >= 11 is 18.1. The number of halogens is 4. The Balaban J connectivity index is 2.49. The van der Waals surface area contributed by atoms with Crippen molar-refractivity contribution in [3.63, 3.8) is 0 Å². The van der Waals surface area contributed by atoms with Crippen LogP contribution in [0.3, 0.4) is 0 Å². The zero-order valence-corrected chi connectivity index (χ0v) is 12.2. The monoisotopic (exact) mass is 318 g/mol. The molecular weight excluding hydrogens is 310 g/mol. The van der Waals surface area contributed by atoms with Crippen molar-refractivity contribution >= 4 is 34.8 Å². The molecule has 2 aromatic carbocycles. The van der Waals surface area contributed by atoms with E-state index in [2.05, 4.69) is 0 Å². The molecule has 2 rings (SSSR count). The minimum atomic E-state index is -0.703. The molecule has 0 aliphatic heterocycles. The Bertz CT molecular complexity index is 601. The van der Waals surface area contributed by atoms with Gasteiger partial charge in [-0.1, -0.05) is 35.3 Å². The molecule has 0 saturated carbocycles. The highest BCUT2D eigenvalue weighted by molar-refractivity contribution is 6.42. The maximum absolute atomic E-state index is 13.9. The standard InChI is InChI=1S/C14H10Cl3FO/c1-19-12-4-2-3-11(18)13(12)14(17)8-5-6-9(15)10(16)7-8/h2-7,14H,1H3. The van der Waals surface area contributed by atoms with Gasteiger partial charge in [0.15, 0.2) is 0 Å². The van der Waals surface area contributed by atoms with Gasteiger partial charge >= 0.3 is 0 Å². The fraction of sp³-hybridized carbons (Fsp3) is 0.143. The summed E-state index contributed by atoms with van der Waals surface area (Å²) in [5, 5.41) is 0.0980. The van der Waals surface area contributed by atoms with Gasteiger partial charge in [0, 0.05) is 0 Å². The van der Waals surface area contributed by atoms with Crippen molar-refractivity contribution in [1.29, 1.82) is 0 Å². The molecule has 0 spiro atoms. The Labute approximate surface area is 125 Å². The van der Waals surface area contributed by atoms with Crippen LogP contribution in [0.2, 0.25) is 10.0 Å². The molecular formula is C14H10Cl3FO. The van der Waals surface area contributed by atoms with Crippen LogP contribution >= 0.6 is 34.8 Å². The van der Waals surface area contributed by atoms with E-state index in [1.165, 1.54) is 13.2 Å². The third kappa shape index (κ3) is 2.97. The van der Waals surface area contributed by atoms with Gasteiger partial charge in [0.25, 0.3) is 0 Å². The van der Waals surface area contributed by atoms with E-state index in [0.717, 1.165) is 0 Å². The lowest BCUT2D eigenvalue weighted by molar-refractivity contribution is 0.405. The maximum Gasteiger partial charge on any atom is 0.131 e. The molecule has 1 unspecified atom stereocenters. The third-order valence-corrected chi connectivity index (χ3v) is 3.93. The number of alkyl halides is 1. The summed E-state index contributed by atoms with van der Waals surface area (Å²) in [6, 6.07) is 9.51. The predicted molar refractivity (Wildman–Crippen MR) is 77.1 cm³/mol. The van der Waals surface area contributed by atoms with Gasteiger partial charge in [0.1, 0.15) is 11.6 Å². The molecule has 0 N–H and O–H groups in total. The molecule has 0 amide bonds. The first kappa shape index (κ1) is 14.4. The first-order chi connectivity index (χ1) is 9.04. The zero-order valence-electron chi connectivity index (χ0n) is 9.96. The van der Waals surface area contributed by atoms with Crippen LogP contribution < -0.4 is 4.74 Å². The lowest BCUT2D eigenvalue weighted by Crippen LogP contribution is -2.01. The molecule has 0 aliphatic rings. The number of benzene rings is 2. The lowest BCUT2D eigenvalue weighted by atomic mass is 10.0. The zero-order chi connectivity index (χ0) is 14.0. The van der Waals surface area contributed by atoms with Crippen molar-refractivity contribution in [1.82, 2.24) is 0 Å². The van der Waals surface area contributed by atoms with Crippen LogP contribution in [0.5, 0.6) is 5.75 Å². The van der Waals surface area contributed by atoms with Crippen LogP contribution in [0.25, 0.3) is 0 Å². The number of rotatable bonds is 3. The van der Waals surface area contributed by atoms with Gasteiger partial charge in [-0.15, -0.1) is 11.6 Å². The quantitative estimate of drug-likeness (QED) is 0.682. The molecule has 0 bridgehead atoms. The van der Waals surface area contributed by atoms with E-state index < -0.39 is 11.2 Å². The lowest BCUT2D eigenvalue weighted by Gasteiger charge is -2.15. The molecule has 2 aromatic rings. The van der Waals surface area contributed by atoms with Crippen molar-refractivity contribution in [3.05, 3.63) is 63.4 Å². The van der Waals surface area contributed by atoms with Crippen LogP contribution in [0.1, 0.15) is 16.5 Å². The summed E-state index contributed by atoms with van der Waals surface area (Å²) in [5.74, 6) is -0.0310. The normalized spacial score (nSPS) is 12.3. The van der Waals surface area contributed by atoms with Gasteiger partial charge in [0.05, 0.1) is 28.1 Å². The summed E-state index contributed by atoms with van der Waals surface area (Å²) in [7, 11) is 1.47. The van der Waals surface area contributed by atoms with Crippen molar-refractivity contribution < 1.29 is 9.13 Å². The largest absolute Gasteiger partial charge is 0.496 e. The first-order valence-electron chi connectivity index (χ1n) is 5.46. The van der Waals surface area contributed by atoms with Gasteiger partial charge in [-0.05, 0) is 29.8 Å². The highest BCUT2D eigenvalue weighted by Gasteiger charge is 2.20. The van der Waals surface area contributed by atoms with Crippen LogP contribution in [-0.2, 0) is 0 Å². The SMILES string of the molecule is COc1cccc(F)c1C(Cl)c1ccc(Cl)c(Cl)c1. The van der Waals surface area contributed by atoms with E-state index in [1.807, 2.05) is 0 Å². The number of hydrogen-bond acceptors (Lipinski definition) is 1. The maximum atomic E-state index is 13.9. The first-order valence-corrected chi connectivity index (χ1v) is 6.65. The average molecular weight is 320 g/mol. The molecule has 1 atom stereocenters. The highest BCUT2D eigenvalue weighted by atomic mass is 35.5. The molecule has 5 heteroatoms. The Hall–Kier alpha value is -0.960. The number of methoxy groups -OCH3 is 1. The average Bonchev–Trinajstić information content (AvgIpc) is 2.40. The second-order valence-corrected chi connectivity index (χ2v) is 5.14. The minimum absolute atomic E-state index is 0.282. The molecule has 0 aliphatic carbocycles. The molecule has 19 heavy (non-hydrogen) atoms.